The van der Waals surface area contributed by atoms with E-state index in [1.807, 2.05) is 0 Å². The van der Waals surface area contributed by atoms with Crippen molar-refractivity contribution in [1.29, 1.82) is 0 Å². The first-order valence-electron chi connectivity index (χ1n) is 7.05. The van der Waals surface area contributed by atoms with E-state index in [1.165, 1.54) is 36.5 Å². The highest BCUT2D eigenvalue weighted by atomic mass is 79.9. The molecular weight excluding hydrogens is 410 g/mol. The number of aromatic nitrogens is 1. The summed E-state index contributed by atoms with van der Waals surface area (Å²) in [6.07, 6.45) is 1.49. The monoisotopic (exact) mass is 421 g/mol. The van der Waals surface area contributed by atoms with E-state index >= 15 is 0 Å². The van der Waals surface area contributed by atoms with Crippen LogP contribution in [0.25, 0.3) is 0 Å². The summed E-state index contributed by atoms with van der Waals surface area (Å²) in [6.45, 7) is 0. The number of amides is 1. The second kappa shape index (κ2) is 7.08. The van der Waals surface area contributed by atoms with Crippen LogP contribution in [0.4, 0.5) is 11.5 Å². The molecule has 128 valence electrons. The smallest absolute Gasteiger partial charge is 0.291 e. The molecule has 0 bridgehead atoms. The summed E-state index contributed by atoms with van der Waals surface area (Å²) in [7, 11) is -3.76. The maximum atomic E-state index is 12.3. The van der Waals surface area contributed by atoms with E-state index < -0.39 is 15.9 Å². The van der Waals surface area contributed by atoms with Crippen molar-refractivity contribution >= 4 is 43.4 Å². The molecule has 0 saturated heterocycles. The molecular formula is C16H12BrN3O4S. The molecule has 0 saturated carbocycles. The molecule has 3 rings (SSSR count). The van der Waals surface area contributed by atoms with Crippen LogP contribution in [0.3, 0.4) is 0 Å². The summed E-state index contributed by atoms with van der Waals surface area (Å²) in [5, 5.41) is 2.62. The number of furan rings is 1. The number of sulfonamides is 1. The SMILES string of the molecule is O=C(Nc1ccc(S(=O)(=O)Nc2ccccn2)cc1)c1ccc(Br)o1. The third-order valence-electron chi connectivity index (χ3n) is 3.12. The fraction of sp³-hybridized carbons (Fsp3) is 0. The number of pyridine rings is 1. The zero-order valence-electron chi connectivity index (χ0n) is 12.6. The minimum Gasteiger partial charge on any atom is -0.444 e. The maximum Gasteiger partial charge on any atom is 0.291 e. The van der Waals surface area contributed by atoms with Gasteiger partial charge in [-0.2, -0.15) is 0 Å². The van der Waals surface area contributed by atoms with Crippen LogP contribution in [0, 0.1) is 0 Å². The lowest BCUT2D eigenvalue weighted by atomic mass is 10.3. The van der Waals surface area contributed by atoms with Gasteiger partial charge in [-0.05, 0) is 64.5 Å². The molecule has 1 amide bonds. The summed E-state index contributed by atoms with van der Waals surface area (Å²) < 4.78 is 32.6. The van der Waals surface area contributed by atoms with E-state index in [-0.39, 0.29) is 16.5 Å². The van der Waals surface area contributed by atoms with E-state index in [2.05, 4.69) is 31.0 Å². The van der Waals surface area contributed by atoms with Gasteiger partial charge in [-0.15, -0.1) is 0 Å². The predicted molar refractivity (Wildman–Crippen MR) is 95.8 cm³/mol. The third-order valence-corrected chi connectivity index (χ3v) is 4.92. The number of carbonyl (C=O) groups excluding carboxylic acids is 1. The summed E-state index contributed by atoms with van der Waals surface area (Å²) in [5.41, 5.74) is 0.439. The van der Waals surface area contributed by atoms with Crippen molar-refractivity contribution in [2.24, 2.45) is 0 Å². The van der Waals surface area contributed by atoms with Crippen LogP contribution < -0.4 is 10.0 Å². The number of hydrogen-bond acceptors (Lipinski definition) is 5. The zero-order chi connectivity index (χ0) is 17.9. The van der Waals surface area contributed by atoms with Crippen LogP contribution in [-0.4, -0.2) is 19.3 Å². The molecule has 7 nitrogen and oxygen atoms in total. The molecule has 0 radical (unpaired) electrons. The Balaban J connectivity index is 1.72. The summed E-state index contributed by atoms with van der Waals surface area (Å²) >= 11 is 3.12. The number of rotatable bonds is 5. The highest BCUT2D eigenvalue weighted by molar-refractivity contribution is 9.10. The van der Waals surface area contributed by atoms with Crippen molar-refractivity contribution in [2.45, 2.75) is 4.90 Å². The zero-order valence-corrected chi connectivity index (χ0v) is 15.0. The largest absolute Gasteiger partial charge is 0.444 e. The highest BCUT2D eigenvalue weighted by Gasteiger charge is 2.15. The van der Waals surface area contributed by atoms with Crippen LogP contribution in [0.2, 0.25) is 0 Å². The topological polar surface area (TPSA) is 101 Å². The lowest BCUT2D eigenvalue weighted by Crippen LogP contribution is -2.14. The molecule has 2 N–H and O–H groups in total. The van der Waals surface area contributed by atoms with Gasteiger partial charge in [-0.3, -0.25) is 9.52 Å². The Bertz CT molecular complexity index is 986. The van der Waals surface area contributed by atoms with Crippen molar-refractivity contribution in [3.8, 4) is 0 Å². The second-order valence-corrected chi connectivity index (χ2v) is 7.37. The lowest BCUT2D eigenvalue weighted by molar-refractivity contribution is 0.0995. The van der Waals surface area contributed by atoms with Gasteiger partial charge >= 0.3 is 0 Å². The van der Waals surface area contributed by atoms with Crippen molar-refractivity contribution in [2.75, 3.05) is 10.0 Å². The van der Waals surface area contributed by atoms with Gasteiger partial charge in [0.05, 0.1) is 4.90 Å². The standard InChI is InChI=1S/C16H12BrN3O4S/c17-14-9-8-13(24-14)16(21)19-11-4-6-12(7-5-11)25(22,23)20-15-3-1-2-10-18-15/h1-10H,(H,18,20)(H,19,21). The first-order valence-corrected chi connectivity index (χ1v) is 9.32. The minimum absolute atomic E-state index is 0.0527. The molecule has 0 spiro atoms. The Hall–Kier alpha value is -2.65. The van der Waals surface area contributed by atoms with Gasteiger partial charge in [0.2, 0.25) is 0 Å². The van der Waals surface area contributed by atoms with Crippen molar-refractivity contribution in [1.82, 2.24) is 4.98 Å². The normalized spacial score (nSPS) is 11.1. The van der Waals surface area contributed by atoms with Crippen molar-refractivity contribution in [3.63, 3.8) is 0 Å². The van der Waals surface area contributed by atoms with E-state index in [0.29, 0.717) is 10.4 Å². The number of nitrogens with one attached hydrogen (secondary N) is 2. The summed E-state index contributed by atoms with van der Waals surface area (Å²) in [4.78, 5) is 16.0. The second-order valence-electron chi connectivity index (χ2n) is 4.90. The van der Waals surface area contributed by atoms with Gasteiger partial charge in [0.25, 0.3) is 15.9 Å². The third kappa shape index (κ3) is 4.25. The number of carbonyl (C=O) groups is 1. The van der Waals surface area contributed by atoms with Gasteiger partial charge in [0, 0.05) is 11.9 Å². The Morgan fingerprint density at radius 2 is 1.80 bits per heavy atom. The fourth-order valence-corrected chi connectivity index (χ4v) is 3.28. The molecule has 2 aromatic heterocycles. The van der Waals surface area contributed by atoms with Crippen LogP contribution >= 0.6 is 15.9 Å². The number of hydrogen-bond donors (Lipinski definition) is 2. The first-order chi connectivity index (χ1) is 11.9. The van der Waals surface area contributed by atoms with E-state index in [4.69, 9.17) is 4.42 Å². The van der Waals surface area contributed by atoms with Crippen LogP contribution in [-0.2, 0) is 10.0 Å². The molecule has 3 aromatic rings. The molecule has 0 aliphatic rings. The molecule has 2 heterocycles. The Morgan fingerprint density at radius 3 is 2.40 bits per heavy atom. The average Bonchev–Trinajstić information content (AvgIpc) is 3.02. The van der Waals surface area contributed by atoms with Crippen molar-refractivity contribution in [3.05, 3.63) is 71.2 Å². The van der Waals surface area contributed by atoms with Gasteiger partial charge in [0.15, 0.2) is 10.4 Å². The first kappa shape index (κ1) is 17.2. The van der Waals surface area contributed by atoms with Gasteiger partial charge in [0.1, 0.15) is 5.82 Å². The van der Waals surface area contributed by atoms with E-state index in [1.54, 1.807) is 24.3 Å². The summed E-state index contributed by atoms with van der Waals surface area (Å²) in [5.74, 6) is -0.0726. The molecule has 0 atom stereocenters. The van der Waals surface area contributed by atoms with Crippen LogP contribution in [0.15, 0.2) is 74.8 Å². The Labute approximate surface area is 152 Å². The average molecular weight is 422 g/mol. The Morgan fingerprint density at radius 1 is 1.04 bits per heavy atom. The quantitative estimate of drug-likeness (QED) is 0.656. The van der Waals surface area contributed by atoms with Crippen LogP contribution in [0.1, 0.15) is 10.6 Å². The number of halogens is 1. The number of anilines is 2. The number of nitrogens with zero attached hydrogens (tertiary/aromatic N) is 1. The molecule has 1 aromatic carbocycles. The molecule has 0 unspecified atom stereocenters. The van der Waals surface area contributed by atoms with Crippen molar-refractivity contribution < 1.29 is 17.6 Å². The van der Waals surface area contributed by atoms with Crippen LogP contribution in [0.5, 0.6) is 0 Å². The predicted octanol–water partition coefficient (Wildman–Crippen LogP) is 3.49. The minimum atomic E-state index is -3.76. The molecule has 0 fully saturated rings. The van der Waals surface area contributed by atoms with Gasteiger partial charge in [-0.25, -0.2) is 13.4 Å². The molecule has 0 aliphatic heterocycles. The van der Waals surface area contributed by atoms with Gasteiger partial charge < -0.3 is 9.73 Å². The highest BCUT2D eigenvalue weighted by Crippen LogP contribution is 2.19. The van der Waals surface area contributed by atoms with E-state index in [9.17, 15) is 13.2 Å². The fourth-order valence-electron chi connectivity index (χ4n) is 1.97. The molecule has 9 heteroatoms. The molecule has 0 aliphatic carbocycles. The number of benzene rings is 1. The van der Waals surface area contributed by atoms with E-state index in [0.717, 1.165) is 0 Å². The lowest BCUT2D eigenvalue weighted by Gasteiger charge is -2.08. The summed E-state index contributed by atoms with van der Waals surface area (Å²) in [6, 6.07) is 13.8. The van der Waals surface area contributed by atoms with Gasteiger partial charge in [-0.1, -0.05) is 6.07 Å². The molecule has 25 heavy (non-hydrogen) atoms. The Kier molecular flexibility index (Phi) is 4.86. The maximum absolute atomic E-state index is 12.3.